The minimum absolute atomic E-state index is 0. The molecule has 0 saturated carbocycles. The molecule has 2 heterocycles. The third-order valence-corrected chi connectivity index (χ3v) is 4.56. The quantitative estimate of drug-likeness (QED) is 0.719. The highest BCUT2D eigenvalue weighted by Gasteiger charge is 2.14. The molecule has 0 aliphatic carbocycles. The van der Waals surface area contributed by atoms with E-state index in [-0.39, 0.29) is 30.7 Å². The number of piperidine rings is 1. The van der Waals surface area contributed by atoms with Crippen LogP contribution in [0.1, 0.15) is 31.2 Å². The SMILES string of the molecule is Cc1cc(NC(=O)CCC2CCNCC2)ccc1Oc1cccnc1.Cl.Cl. The number of carbonyl (C=O) groups excluding carboxylic acids is 1. The van der Waals surface area contributed by atoms with Crippen LogP contribution in [0.15, 0.2) is 42.7 Å². The number of nitrogens with one attached hydrogen (secondary N) is 2. The number of amides is 1. The van der Waals surface area contributed by atoms with Gasteiger partial charge in [0.25, 0.3) is 0 Å². The third kappa shape index (κ3) is 7.37. The van der Waals surface area contributed by atoms with E-state index in [0.717, 1.165) is 36.5 Å². The lowest BCUT2D eigenvalue weighted by Crippen LogP contribution is -2.28. The molecule has 0 bridgehead atoms. The standard InChI is InChI=1S/C20H25N3O2.2ClH/c1-15-13-17(5-6-19(15)25-18-3-2-10-22-14-18)23-20(24)7-4-16-8-11-21-12-9-16;;/h2-3,5-6,10,13-14,16,21H,4,7-9,11-12H2,1H3,(H,23,24);2*1H. The summed E-state index contributed by atoms with van der Waals surface area (Å²) >= 11 is 0. The summed E-state index contributed by atoms with van der Waals surface area (Å²) < 4.78 is 5.81. The van der Waals surface area contributed by atoms with Crippen LogP contribution < -0.4 is 15.4 Å². The second-order valence-corrected chi connectivity index (χ2v) is 6.55. The Morgan fingerprint density at radius 3 is 2.70 bits per heavy atom. The Balaban J connectivity index is 0.00000182. The fourth-order valence-corrected chi connectivity index (χ4v) is 3.11. The van der Waals surface area contributed by atoms with E-state index in [1.165, 1.54) is 12.8 Å². The number of aryl methyl sites for hydroxylation is 1. The van der Waals surface area contributed by atoms with Crippen LogP contribution in [0.5, 0.6) is 11.5 Å². The predicted molar refractivity (Wildman–Crippen MR) is 113 cm³/mol. The molecule has 7 heteroatoms. The molecular formula is C20H27Cl2N3O2. The van der Waals surface area contributed by atoms with Gasteiger partial charge in [-0.2, -0.15) is 0 Å². The fraction of sp³-hybridized carbons (Fsp3) is 0.400. The van der Waals surface area contributed by atoms with Crippen LogP contribution >= 0.6 is 24.8 Å². The summed E-state index contributed by atoms with van der Waals surface area (Å²) in [4.78, 5) is 16.2. The summed E-state index contributed by atoms with van der Waals surface area (Å²) in [6, 6.07) is 9.39. The van der Waals surface area contributed by atoms with E-state index in [4.69, 9.17) is 4.74 Å². The van der Waals surface area contributed by atoms with E-state index in [2.05, 4.69) is 15.6 Å². The molecule has 1 amide bonds. The zero-order chi connectivity index (χ0) is 17.5. The topological polar surface area (TPSA) is 63.2 Å². The van der Waals surface area contributed by atoms with Crippen LogP contribution in [0.3, 0.4) is 0 Å². The van der Waals surface area contributed by atoms with E-state index in [1.807, 2.05) is 37.3 Å². The number of halogens is 2. The van der Waals surface area contributed by atoms with Crippen LogP contribution in [-0.4, -0.2) is 24.0 Å². The first kappa shape index (κ1) is 23.2. The van der Waals surface area contributed by atoms with Gasteiger partial charge in [0, 0.05) is 18.3 Å². The molecule has 27 heavy (non-hydrogen) atoms. The van der Waals surface area contributed by atoms with Gasteiger partial charge in [-0.3, -0.25) is 9.78 Å². The monoisotopic (exact) mass is 411 g/mol. The number of pyridine rings is 1. The minimum Gasteiger partial charge on any atom is -0.455 e. The first-order chi connectivity index (χ1) is 12.2. The molecule has 1 fully saturated rings. The van der Waals surface area contributed by atoms with Crippen molar-refractivity contribution < 1.29 is 9.53 Å². The molecule has 2 aromatic rings. The maximum Gasteiger partial charge on any atom is 0.224 e. The molecule has 1 aromatic carbocycles. The number of anilines is 1. The second kappa shape index (κ2) is 11.8. The highest BCUT2D eigenvalue weighted by Crippen LogP contribution is 2.27. The molecule has 3 rings (SSSR count). The fourth-order valence-electron chi connectivity index (χ4n) is 3.11. The average Bonchev–Trinajstić information content (AvgIpc) is 2.64. The van der Waals surface area contributed by atoms with Gasteiger partial charge in [0.05, 0.1) is 6.20 Å². The smallest absolute Gasteiger partial charge is 0.224 e. The number of nitrogens with zero attached hydrogens (tertiary/aromatic N) is 1. The summed E-state index contributed by atoms with van der Waals surface area (Å²) in [7, 11) is 0. The van der Waals surface area contributed by atoms with Crippen molar-refractivity contribution in [2.45, 2.75) is 32.6 Å². The van der Waals surface area contributed by atoms with Gasteiger partial charge in [-0.05, 0) is 81.1 Å². The summed E-state index contributed by atoms with van der Waals surface area (Å²) in [6.07, 6.45) is 7.28. The Bertz CT molecular complexity index is 708. The molecule has 148 valence electrons. The number of hydrogen-bond acceptors (Lipinski definition) is 4. The summed E-state index contributed by atoms with van der Waals surface area (Å²) in [5.74, 6) is 2.22. The van der Waals surface area contributed by atoms with E-state index in [1.54, 1.807) is 12.4 Å². The lowest BCUT2D eigenvalue weighted by molar-refractivity contribution is -0.116. The Morgan fingerprint density at radius 2 is 2.04 bits per heavy atom. The number of carbonyl (C=O) groups is 1. The first-order valence-electron chi connectivity index (χ1n) is 8.90. The number of aromatic nitrogens is 1. The van der Waals surface area contributed by atoms with E-state index in [0.29, 0.717) is 18.1 Å². The Morgan fingerprint density at radius 1 is 1.26 bits per heavy atom. The van der Waals surface area contributed by atoms with Gasteiger partial charge in [0.15, 0.2) is 0 Å². The second-order valence-electron chi connectivity index (χ2n) is 6.55. The average molecular weight is 412 g/mol. The lowest BCUT2D eigenvalue weighted by atomic mass is 9.93. The molecule has 0 atom stereocenters. The minimum atomic E-state index is 0. The normalized spacial score (nSPS) is 13.8. The van der Waals surface area contributed by atoms with Gasteiger partial charge in [0.2, 0.25) is 5.91 Å². The number of rotatable bonds is 6. The van der Waals surface area contributed by atoms with Crippen LogP contribution in [0, 0.1) is 12.8 Å². The van der Waals surface area contributed by atoms with Gasteiger partial charge < -0.3 is 15.4 Å². The summed E-state index contributed by atoms with van der Waals surface area (Å²) in [6.45, 7) is 4.12. The van der Waals surface area contributed by atoms with Crippen molar-refractivity contribution in [3.8, 4) is 11.5 Å². The van der Waals surface area contributed by atoms with Crippen LogP contribution in [0.2, 0.25) is 0 Å². The molecule has 1 aliphatic rings. The lowest BCUT2D eigenvalue weighted by Gasteiger charge is -2.22. The van der Waals surface area contributed by atoms with Crippen molar-refractivity contribution in [1.82, 2.24) is 10.3 Å². The molecule has 0 spiro atoms. The molecule has 1 aromatic heterocycles. The van der Waals surface area contributed by atoms with Gasteiger partial charge >= 0.3 is 0 Å². The van der Waals surface area contributed by atoms with Crippen molar-refractivity contribution >= 4 is 36.4 Å². The zero-order valence-electron chi connectivity index (χ0n) is 15.4. The molecule has 1 aliphatic heterocycles. The van der Waals surface area contributed by atoms with Gasteiger partial charge in [-0.15, -0.1) is 24.8 Å². The van der Waals surface area contributed by atoms with Gasteiger partial charge in [-0.1, -0.05) is 0 Å². The first-order valence-corrected chi connectivity index (χ1v) is 8.90. The van der Waals surface area contributed by atoms with Crippen molar-refractivity contribution in [3.63, 3.8) is 0 Å². The number of benzene rings is 1. The summed E-state index contributed by atoms with van der Waals surface area (Å²) in [5.41, 5.74) is 1.78. The number of hydrogen-bond donors (Lipinski definition) is 2. The molecular weight excluding hydrogens is 385 g/mol. The van der Waals surface area contributed by atoms with Crippen molar-refractivity contribution in [3.05, 3.63) is 48.3 Å². The maximum atomic E-state index is 12.2. The maximum absolute atomic E-state index is 12.2. The van der Waals surface area contributed by atoms with Crippen LogP contribution in [0.25, 0.3) is 0 Å². The van der Waals surface area contributed by atoms with E-state index >= 15 is 0 Å². The van der Waals surface area contributed by atoms with Crippen molar-refractivity contribution in [2.24, 2.45) is 5.92 Å². The number of ether oxygens (including phenoxy) is 1. The molecule has 0 radical (unpaired) electrons. The molecule has 2 N–H and O–H groups in total. The Labute approximate surface area is 173 Å². The predicted octanol–water partition coefficient (Wildman–Crippen LogP) is 4.74. The molecule has 5 nitrogen and oxygen atoms in total. The molecule has 1 saturated heterocycles. The Hall–Kier alpha value is -1.82. The van der Waals surface area contributed by atoms with Gasteiger partial charge in [0.1, 0.15) is 11.5 Å². The molecule has 0 unspecified atom stereocenters. The van der Waals surface area contributed by atoms with E-state index < -0.39 is 0 Å². The highest BCUT2D eigenvalue weighted by atomic mass is 35.5. The summed E-state index contributed by atoms with van der Waals surface area (Å²) in [5, 5.41) is 6.35. The Kier molecular flexibility index (Phi) is 10.1. The van der Waals surface area contributed by atoms with Crippen LogP contribution in [-0.2, 0) is 4.79 Å². The van der Waals surface area contributed by atoms with Crippen LogP contribution in [0.4, 0.5) is 5.69 Å². The van der Waals surface area contributed by atoms with E-state index in [9.17, 15) is 4.79 Å². The third-order valence-electron chi connectivity index (χ3n) is 4.56. The zero-order valence-corrected chi connectivity index (χ0v) is 17.1. The van der Waals surface area contributed by atoms with Crippen molar-refractivity contribution in [1.29, 1.82) is 0 Å². The van der Waals surface area contributed by atoms with Gasteiger partial charge in [-0.25, -0.2) is 0 Å². The highest BCUT2D eigenvalue weighted by molar-refractivity contribution is 5.90. The largest absolute Gasteiger partial charge is 0.455 e. The van der Waals surface area contributed by atoms with Crippen molar-refractivity contribution in [2.75, 3.05) is 18.4 Å².